The van der Waals surface area contributed by atoms with E-state index in [4.69, 9.17) is 10.5 Å². The van der Waals surface area contributed by atoms with Crippen LogP contribution in [-0.4, -0.2) is 63.1 Å². The Bertz CT molecular complexity index is 1030. The van der Waals surface area contributed by atoms with Crippen LogP contribution in [0.4, 0.5) is 15.8 Å². The maximum atomic E-state index is 15.0. The summed E-state index contributed by atoms with van der Waals surface area (Å²) in [5.74, 6) is -0.285. The van der Waals surface area contributed by atoms with E-state index in [2.05, 4.69) is 9.80 Å². The lowest BCUT2D eigenvalue weighted by Gasteiger charge is -2.30. The van der Waals surface area contributed by atoms with E-state index in [0.29, 0.717) is 41.7 Å². The van der Waals surface area contributed by atoms with Crippen LogP contribution in [0.25, 0.3) is 0 Å². The number of benzene rings is 2. The largest absolute Gasteiger partial charge is 0.493 e. The molecule has 32 heavy (non-hydrogen) atoms. The number of nitrogens with zero attached hydrogens (tertiary/aromatic N) is 3. The van der Waals surface area contributed by atoms with Gasteiger partial charge in [0, 0.05) is 36.9 Å². The van der Waals surface area contributed by atoms with E-state index in [1.807, 2.05) is 26.2 Å². The molecule has 0 radical (unpaired) electrons. The highest BCUT2D eigenvalue weighted by Gasteiger charge is 2.29. The lowest BCUT2D eigenvalue weighted by Crippen LogP contribution is -2.37. The van der Waals surface area contributed by atoms with Gasteiger partial charge in [0.2, 0.25) is 5.91 Å². The summed E-state index contributed by atoms with van der Waals surface area (Å²) in [6, 6.07) is 10.7. The molecule has 2 amide bonds. The zero-order valence-corrected chi connectivity index (χ0v) is 18.5. The first kappa shape index (κ1) is 22.1. The van der Waals surface area contributed by atoms with Crippen LogP contribution in [0.3, 0.4) is 0 Å². The van der Waals surface area contributed by atoms with Gasteiger partial charge in [-0.2, -0.15) is 0 Å². The van der Waals surface area contributed by atoms with Crippen LogP contribution in [-0.2, 0) is 11.2 Å². The third kappa shape index (κ3) is 4.55. The van der Waals surface area contributed by atoms with Gasteiger partial charge in [-0.05, 0) is 68.9 Å². The highest BCUT2D eigenvalue weighted by atomic mass is 19.1. The fourth-order valence-electron chi connectivity index (χ4n) is 4.37. The summed E-state index contributed by atoms with van der Waals surface area (Å²) in [6.07, 6.45) is 1.77. The minimum Gasteiger partial charge on any atom is -0.493 e. The molecule has 7 nitrogen and oxygen atoms in total. The SMILES string of the molecule is CN(C)[C@@H]1CCN(c2ccc(N3CCc4cc(OCCC(N)=O)ccc4C3=O)cc2F)C1. The fourth-order valence-corrected chi connectivity index (χ4v) is 4.37. The minimum atomic E-state index is -0.422. The highest BCUT2D eigenvalue weighted by molar-refractivity contribution is 6.08. The van der Waals surface area contributed by atoms with Crippen molar-refractivity contribution in [2.75, 3.05) is 50.1 Å². The number of amides is 2. The van der Waals surface area contributed by atoms with Crippen molar-refractivity contribution in [1.29, 1.82) is 0 Å². The molecule has 170 valence electrons. The molecule has 1 fully saturated rings. The topological polar surface area (TPSA) is 79.1 Å². The first-order chi connectivity index (χ1) is 15.3. The number of carbonyl (C=O) groups excluding carboxylic acids is 2. The van der Waals surface area contributed by atoms with Gasteiger partial charge in [-0.25, -0.2) is 4.39 Å². The highest BCUT2D eigenvalue weighted by Crippen LogP contribution is 2.32. The number of rotatable bonds is 7. The van der Waals surface area contributed by atoms with Crippen molar-refractivity contribution >= 4 is 23.2 Å². The van der Waals surface area contributed by atoms with Gasteiger partial charge in [-0.1, -0.05) is 0 Å². The first-order valence-electron chi connectivity index (χ1n) is 10.9. The van der Waals surface area contributed by atoms with Gasteiger partial charge in [-0.3, -0.25) is 9.59 Å². The van der Waals surface area contributed by atoms with E-state index in [-0.39, 0.29) is 24.8 Å². The molecule has 0 bridgehead atoms. The summed E-state index contributed by atoms with van der Waals surface area (Å²) in [4.78, 5) is 29.8. The normalized spacial score (nSPS) is 18.2. The Labute approximate surface area is 187 Å². The molecule has 1 atom stereocenters. The van der Waals surface area contributed by atoms with Gasteiger partial charge in [0.05, 0.1) is 18.7 Å². The predicted octanol–water partition coefficient (Wildman–Crippen LogP) is 2.42. The zero-order valence-electron chi connectivity index (χ0n) is 18.5. The lowest BCUT2D eigenvalue weighted by molar-refractivity contribution is -0.118. The van der Waals surface area contributed by atoms with Crippen LogP contribution in [0.1, 0.15) is 28.8 Å². The maximum absolute atomic E-state index is 15.0. The molecule has 2 N–H and O–H groups in total. The van der Waals surface area contributed by atoms with Gasteiger partial charge in [0.1, 0.15) is 11.6 Å². The molecule has 1 saturated heterocycles. The quantitative estimate of drug-likeness (QED) is 0.716. The Morgan fingerprint density at radius 3 is 2.72 bits per heavy atom. The van der Waals surface area contributed by atoms with E-state index in [0.717, 1.165) is 25.1 Å². The van der Waals surface area contributed by atoms with E-state index in [1.165, 1.54) is 6.07 Å². The van der Waals surface area contributed by atoms with Gasteiger partial charge in [-0.15, -0.1) is 0 Å². The van der Waals surface area contributed by atoms with Crippen LogP contribution in [0.15, 0.2) is 36.4 Å². The minimum absolute atomic E-state index is 0.137. The standard InChI is InChI=1S/C24H29FN4O3/c1-27(2)18-8-10-28(15-18)22-6-3-17(14-21(22)25)29-11-7-16-13-19(32-12-9-23(26)30)4-5-20(16)24(29)31/h3-6,13-14,18H,7-12,15H2,1-2H3,(H2,26,30)/t18-/m1/s1. The Morgan fingerprint density at radius 2 is 2.03 bits per heavy atom. The molecule has 2 aliphatic rings. The molecule has 0 unspecified atom stereocenters. The average molecular weight is 441 g/mol. The van der Waals surface area contributed by atoms with Gasteiger partial charge in [0.15, 0.2) is 0 Å². The zero-order chi connectivity index (χ0) is 22.8. The number of hydrogen-bond acceptors (Lipinski definition) is 5. The van der Waals surface area contributed by atoms with Crippen molar-refractivity contribution in [2.45, 2.75) is 25.3 Å². The summed E-state index contributed by atoms with van der Waals surface area (Å²) in [5, 5.41) is 0. The van der Waals surface area contributed by atoms with Gasteiger partial charge in [0.25, 0.3) is 5.91 Å². The summed E-state index contributed by atoms with van der Waals surface area (Å²) in [5.41, 5.74) is 7.74. The van der Waals surface area contributed by atoms with Crippen molar-refractivity contribution in [3.63, 3.8) is 0 Å². The van der Waals surface area contributed by atoms with E-state index >= 15 is 0 Å². The number of primary amides is 1. The van der Waals surface area contributed by atoms with Gasteiger partial charge >= 0.3 is 0 Å². The van der Waals surface area contributed by atoms with E-state index < -0.39 is 5.91 Å². The van der Waals surface area contributed by atoms with E-state index in [9.17, 15) is 14.0 Å². The molecule has 2 aliphatic heterocycles. The maximum Gasteiger partial charge on any atom is 0.258 e. The Morgan fingerprint density at radius 1 is 1.22 bits per heavy atom. The van der Waals surface area contributed by atoms with Crippen molar-refractivity contribution in [2.24, 2.45) is 5.73 Å². The third-order valence-corrected chi connectivity index (χ3v) is 6.25. The number of likely N-dealkylation sites (N-methyl/N-ethyl adjacent to an activating group) is 1. The van der Waals surface area contributed by atoms with Crippen LogP contribution >= 0.6 is 0 Å². The molecule has 2 aromatic rings. The Kier molecular flexibility index (Phi) is 6.32. The first-order valence-corrected chi connectivity index (χ1v) is 10.9. The number of carbonyl (C=O) groups is 2. The molecule has 0 aliphatic carbocycles. The van der Waals surface area contributed by atoms with Crippen molar-refractivity contribution < 1.29 is 18.7 Å². The molecule has 0 spiro atoms. The molecule has 0 saturated carbocycles. The second-order valence-corrected chi connectivity index (χ2v) is 8.58. The number of anilines is 2. The van der Waals surface area contributed by atoms with Crippen LogP contribution < -0.4 is 20.3 Å². The number of fused-ring (bicyclic) bond motifs is 1. The predicted molar refractivity (Wildman–Crippen MR) is 122 cm³/mol. The Balaban J connectivity index is 1.47. The molecule has 4 rings (SSSR count). The van der Waals surface area contributed by atoms with Gasteiger partial charge < -0.3 is 25.2 Å². The monoisotopic (exact) mass is 440 g/mol. The number of halogens is 1. The number of hydrogen-bond donors (Lipinski definition) is 1. The molecular formula is C24H29FN4O3. The van der Waals surface area contributed by atoms with E-state index in [1.54, 1.807) is 23.1 Å². The second kappa shape index (κ2) is 9.16. The molecule has 8 heteroatoms. The van der Waals surface area contributed by atoms with Crippen LogP contribution in [0.5, 0.6) is 5.75 Å². The third-order valence-electron chi connectivity index (χ3n) is 6.25. The van der Waals surface area contributed by atoms with Crippen LogP contribution in [0.2, 0.25) is 0 Å². The molecular weight excluding hydrogens is 411 g/mol. The van der Waals surface area contributed by atoms with Crippen LogP contribution in [0, 0.1) is 5.82 Å². The summed E-state index contributed by atoms with van der Waals surface area (Å²) in [6.45, 7) is 2.27. The molecule has 2 aromatic carbocycles. The smallest absolute Gasteiger partial charge is 0.258 e. The lowest BCUT2D eigenvalue weighted by atomic mass is 9.98. The number of nitrogens with two attached hydrogens (primary N) is 1. The summed E-state index contributed by atoms with van der Waals surface area (Å²) in [7, 11) is 4.09. The molecule has 0 aromatic heterocycles. The number of ether oxygens (including phenoxy) is 1. The van der Waals surface area contributed by atoms with Crippen molar-refractivity contribution in [1.82, 2.24) is 4.90 Å². The Hall–Kier alpha value is -3.13. The van der Waals surface area contributed by atoms with Crippen molar-refractivity contribution in [3.8, 4) is 5.75 Å². The summed E-state index contributed by atoms with van der Waals surface area (Å²) < 4.78 is 20.5. The second-order valence-electron chi connectivity index (χ2n) is 8.58. The van der Waals surface area contributed by atoms with Crippen molar-refractivity contribution in [3.05, 3.63) is 53.3 Å². The average Bonchev–Trinajstić information content (AvgIpc) is 3.24. The fraction of sp³-hybridized carbons (Fsp3) is 0.417. The molecule has 2 heterocycles. The summed E-state index contributed by atoms with van der Waals surface area (Å²) >= 11 is 0.